The molecular weight excluding hydrogens is 313 g/mol. The molecular formula is C18H22FNO2S. The lowest BCUT2D eigenvalue weighted by molar-refractivity contribution is 0.304. The summed E-state index contributed by atoms with van der Waals surface area (Å²) in [5.74, 6) is -0.683. The fraction of sp³-hybridized carbons (Fsp3) is 0.333. The lowest BCUT2D eigenvalue weighted by Crippen LogP contribution is -2.37. The van der Waals surface area contributed by atoms with Gasteiger partial charge in [-0.25, -0.2) is 17.5 Å². The largest absolute Gasteiger partial charge is 0.216 e. The van der Waals surface area contributed by atoms with Gasteiger partial charge in [0.25, 0.3) is 0 Å². The highest BCUT2D eigenvalue weighted by atomic mass is 32.2. The van der Waals surface area contributed by atoms with Crippen molar-refractivity contribution in [1.29, 1.82) is 0 Å². The van der Waals surface area contributed by atoms with Crippen LogP contribution in [0.5, 0.6) is 0 Å². The lowest BCUT2D eigenvalue weighted by atomic mass is 9.83. The van der Waals surface area contributed by atoms with Crippen molar-refractivity contribution in [3.8, 4) is 0 Å². The van der Waals surface area contributed by atoms with Crippen LogP contribution in [0.4, 0.5) is 4.39 Å². The van der Waals surface area contributed by atoms with Crippen LogP contribution >= 0.6 is 0 Å². The summed E-state index contributed by atoms with van der Waals surface area (Å²) in [7, 11) is -3.60. The van der Waals surface area contributed by atoms with Gasteiger partial charge in [0.05, 0.1) is 11.8 Å². The van der Waals surface area contributed by atoms with Gasteiger partial charge in [-0.2, -0.15) is 0 Å². The van der Waals surface area contributed by atoms with Crippen molar-refractivity contribution in [2.45, 2.75) is 32.6 Å². The SMILES string of the molecule is CC(C)(C)C(NS(=O)(=O)Cc1cccc(F)c1)c1ccccc1. The Morgan fingerprint density at radius 2 is 1.70 bits per heavy atom. The predicted molar refractivity (Wildman–Crippen MR) is 90.8 cm³/mol. The van der Waals surface area contributed by atoms with Crippen molar-refractivity contribution in [1.82, 2.24) is 4.72 Å². The van der Waals surface area contributed by atoms with E-state index >= 15 is 0 Å². The van der Waals surface area contributed by atoms with E-state index in [0.29, 0.717) is 5.56 Å². The summed E-state index contributed by atoms with van der Waals surface area (Å²) in [4.78, 5) is 0. The number of nitrogens with one attached hydrogen (secondary N) is 1. The molecule has 0 aliphatic rings. The topological polar surface area (TPSA) is 46.2 Å². The Hall–Kier alpha value is -1.72. The van der Waals surface area contributed by atoms with Crippen LogP contribution in [0.2, 0.25) is 0 Å². The minimum atomic E-state index is -3.60. The van der Waals surface area contributed by atoms with Gasteiger partial charge in [-0.1, -0.05) is 63.2 Å². The first-order chi connectivity index (χ1) is 10.7. The smallest absolute Gasteiger partial charge is 0.212 e. The molecule has 3 nitrogen and oxygen atoms in total. The predicted octanol–water partition coefficient (Wildman–Crippen LogP) is 4.03. The first-order valence-electron chi connectivity index (χ1n) is 7.47. The third-order valence-electron chi connectivity index (χ3n) is 3.54. The zero-order valence-corrected chi connectivity index (χ0v) is 14.4. The van der Waals surface area contributed by atoms with Crippen LogP contribution in [0.3, 0.4) is 0 Å². The van der Waals surface area contributed by atoms with Crippen LogP contribution in [0.15, 0.2) is 54.6 Å². The van der Waals surface area contributed by atoms with Crippen LogP contribution in [-0.4, -0.2) is 8.42 Å². The normalized spacial score (nSPS) is 13.7. The van der Waals surface area contributed by atoms with E-state index < -0.39 is 15.8 Å². The molecule has 0 aliphatic heterocycles. The number of hydrogen-bond acceptors (Lipinski definition) is 2. The Bertz CT molecular complexity index is 752. The summed E-state index contributed by atoms with van der Waals surface area (Å²) < 4.78 is 41.0. The van der Waals surface area contributed by atoms with E-state index in [1.165, 1.54) is 18.2 Å². The van der Waals surface area contributed by atoms with E-state index in [1.54, 1.807) is 6.07 Å². The fourth-order valence-corrected chi connectivity index (χ4v) is 4.01. The molecule has 0 saturated heterocycles. The van der Waals surface area contributed by atoms with Gasteiger partial charge in [0.15, 0.2) is 0 Å². The highest BCUT2D eigenvalue weighted by molar-refractivity contribution is 7.88. The summed E-state index contributed by atoms with van der Waals surface area (Å²) in [6, 6.07) is 14.8. The second-order valence-electron chi connectivity index (χ2n) is 6.72. The molecule has 0 fully saturated rings. The van der Waals surface area contributed by atoms with Crippen LogP contribution in [0.25, 0.3) is 0 Å². The van der Waals surface area contributed by atoms with E-state index in [1.807, 2.05) is 51.1 Å². The molecule has 2 aromatic carbocycles. The molecule has 23 heavy (non-hydrogen) atoms. The molecule has 1 unspecified atom stereocenters. The summed E-state index contributed by atoms with van der Waals surface area (Å²) in [6.07, 6.45) is 0. The molecule has 1 N–H and O–H groups in total. The van der Waals surface area contributed by atoms with Gasteiger partial charge in [-0.3, -0.25) is 0 Å². The minimum absolute atomic E-state index is 0.246. The van der Waals surface area contributed by atoms with Gasteiger partial charge < -0.3 is 0 Å². The monoisotopic (exact) mass is 335 g/mol. The van der Waals surface area contributed by atoms with Crippen molar-refractivity contribution in [3.63, 3.8) is 0 Å². The van der Waals surface area contributed by atoms with E-state index in [-0.39, 0.29) is 17.2 Å². The lowest BCUT2D eigenvalue weighted by Gasteiger charge is -2.31. The van der Waals surface area contributed by atoms with Crippen molar-refractivity contribution >= 4 is 10.0 Å². The Labute approximate surface area is 137 Å². The maximum Gasteiger partial charge on any atom is 0.216 e. The van der Waals surface area contributed by atoms with Gasteiger partial charge in [-0.05, 0) is 28.7 Å². The number of hydrogen-bond donors (Lipinski definition) is 1. The summed E-state index contributed by atoms with van der Waals surface area (Å²) in [5.41, 5.74) is 1.04. The van der Waals surface area contributed by atoms with Gasteiger partial charge in [-0.15, -0.1) is 0 Å². The average molecular weight is 335 g/mol. The molecule has 2 aromatic rings. The Morgan fingerprint density at radius 3 is 2.26 bits per heavy atom. The van der Waals surface area contributed by atoms with Crippen LogP contribution in [-0.2, 0) is 15.8 Å². The minimum Gasteiger partial charge on any atom is -0.212 e. The molecule has 0 amide bonds. The fourth-order valence-electron chi connectivity index (χ4n) is 2.46. The second-order valence-corrected chi connectivity index (χ2v) is 8.47. The van der Waals surface area contributed by atoms with Crippen molar-refractivity contribution in [3.05, 3.63) is 71.5 Å². The molecule has 0 heterocycles. The van der Waals surface area contributed by atoms with Gasteiger partial charge in [0, 0.05) is 0 Å². The van der Waals surface area contributed by atoms with E-state index in [9.17, 15) is 12.8 Å². The molecule has 0 aromatic heterocycles. The van der Waals surface area contributed by atoms with Gasteiger partial charge in [0.1, 0.15) is 5.82 Å². The number of halogens is 1. The highest BCUT2D eigenvalue weighted by Crippen LogP contribution is 2.33. The molecule has 0 saturated carbocycles. The van der Waals surface area contributed by atoms with Crippen molar-refractivity contribution in [2.75, 3.05) is 0 Å². The first kappa shape index (κ1) is 17.6. The van der Waals surface area contributed by atoms with E-state index in [2.05, 4.69) is 4.72 Å². The molecule has 2 rings (SSSR count). The maximum atomic E-state index is 13.2. The highest BCUT2D eigenvalue weighted by Gasteiger charge is 2.30. The van der Waals surface area contributed by atoms with E-state index in [0.717, 1.165) is 5.56 Å². The molecule has 0 spiro atoms. The van der Waals surface area contributed by atoms with Crippen LogP contribution in [0, 0.1) is 11.2 Å². The second kappa shape index (κ2) is 6.81. The average Bonchev–Trinajstić information content (AvgIpc) is 2.44. The van der Waals surface area contributed by atoms with E-state index in [4.69, 9.17) is 0 Å². The number of benzene rings is 2. The molecule has 0 radical (unpaired) electrons. The Morgan fingerprint density at radius 1 is 1.04 bits per heavy atom. The molecule has 0 bridgehead atoms. The quantitative estimate of drug-likeness (QED) is 0.896. The number of sulfonamides is 1. The van der Waals surface area contributed by atoms with Crippen LogP contribution in [0.1, 0.15) is 37.9 Å². The van der Waals surface area contributed by atoms with Crippen LogP contribution < -0.4 is 4.72 Å². The molecule has 1 atom stereocenters. The van der Waals surface area contributed by atoms with Gasteiger partial charge >= 0.3 is 0 Å². The first-order valence-corrected chi connectivity index (χ1v) is 9.12. The summed E-state index contributed by atoms with van der Waals surface area (Å²) in [5, 5.41) is 0. The zero-order chi connectivity index (χ0) is 17.1. The third-order valence-corrected chi connectivity index (χ3v) is 4.85. The molecule has 5 heteroatoms. The third kappa shape index (κ3) is 5.15. The van der Waals surface area contributed by atoms with Crippen molar-refractivity contribution < 1.29 is 12.8 Å². The zero-order valence-electron chi connectivity index (χ0n) is 13.6. The Balaban J connectivity index is 2.25. The van der Waals surface area contributed by atoms with Gasteiger partial charge in [0.2, 0.25) is 10.0 Å². The Kier molecular flexibility index (Phi) is 5.22. The standard InChI is InChI=1S/C18H22FNO2S/c1-18(2,3)17(15-9-5-4-6-10-15)20-23(21,22)13-14-8-7-11-16(19)12-14/h4-12,17,20H,13H2,1-3H3. The summed E-state index contributed by atoms with van der Waals surface area (Å²) >= 11 is 0. The molecule has 124 valence electrons. The maximum absolute atomic E-state index is 13.2. The molecule has 0 aliphatic carbocycles. The number of rotatable bonds is 5. The van der Waals surface area contributed by atoms with Crippen molar-refractivity contribution in [2.24, 2.45) is 5.41 Å². The summed E-state index contributed by atoms with van der Waals surface area (Å²) in [6.45, 7) is 5.94.